The molecular formula is C33H29Cl3N4O. The van der Waals surface area contributed by atoms with Gasteiger partial charge in [0.25, 0.3) is 5.91 Å². The average Bonchev–Trinajstić information content (AvgIpc) is 3.32. The lowest BCUT2D eigenvalue weighted by molar-refractivity contribution is 0.0909. The number of benzene rings is 4. The average molecular weight is 604 g/mol. The number of carbonyl (C=O) groups is 1. The van der Waals surface area contributed by atoms with Crippen LogP contribution in [0.5, 0.6) is 0 Å². The van der Waals surface area contributed by atoms with Gasteiger partial charge in [-0.1, -0.05) is 89.4 Å². The van der Waals surface area contributed by atoms with Crippen LogP contribution in [0.4, 0.5) is 0 Å². The molecule has 8 heteroatoms. The number of likely N-dealkylation sites (tertiary alicyclic amines) is 1. The van der Waals surface area contributed by atoms with Gasteiger partial charge in [-0.25, -0.2) is 4.98 Å². The smallest absolute Gasteiger partial charge is 0.251 e. The minimum atomic E-state index is -0.0497. The van der Waals surface area contributed by atoms with Gasteiger partial charge in [-0.2, -0.15) is 0 Å². The number of fused-ring (bicyclic) bond motifs is 1. The van der Waals surface area contributed by atoms with Crippen LogP contribution in [0.15, 0.2) is 91.0 Å². The Kier molecular flexibility index (Phi) is 8.31. The molecule has 0 aliphatic carbocycles. The third-order valence-corrected chi connectivity index (χ3v) is 8.60. The molecule has 6 rings (SSSR count). The van der Waals surface area contributed by atoms with Crippen molar-refractivity contribution in [3.8, 4) is 11.4 Å². The van der Waals surface area contributed by atoms with E-state index in [1.807, 2.05) is 60.7 Å². The Balaban J connectivity index is 1.17. The highest BCUT2D eigenvalue weighted by molar-refractivity contribution is 6.42. The second-order valence-corrected chi connectivity index (χ2v) is 11.7. The van der Waals surface area contributed by atoms with Crippen molar-refractivity contribution in [3.63, 3.8) is 0 Å². The number of imidazole rings is 1. The molecule has 1 aliphatic rings. The predicted molar refractivity (Wildman–Crippen MR) is 168 cm³/mol. The first-order valence-corrected chi connectivity index (χ1v) is 14.8. The number of carbonyl (C=O) groups excluding carboxylic acids is 1. The maximum atomic E-state index is 13.1. The monoisotopic (exact) mass is 602 g/mol. The van der Waals surface area contributed by atoms with Gasteiger partial charge in [-0.3, -0.25) is 9.69 Å². The highest BCUT2D eigenvalue weighted by atomic mass is 35.5. The topological polar surface area (TPSA) is 50.2 Å². The van der Waals surface area contributed by atoms with Gasteiger partial charge in [0.1, 0.15) is 5.82 Å². The van der Waals surface area contributed by atoms with Gasteiger partial charge in [0, 0.05) is 48.4 Å². The summed E-state index contributed by atoms with van der Waals surface area (Å²) in [5, 5.41) is 4.85. The summed E-state index contributed by atoms with van der Waals surface area (Å²) in [6, 6.07) is 29.7. The molecule has 5 nitrogen and oxygen atoms in total. The number of halogens is 3. The molecule has 1 amide bonds. The van der Waals surface area contributed by atoms with Crippen molar-refractivity contribution in [2.24, 2.45) is 0 Å². The predicted octanol–water partition coefficient (Wildman–Crippen LogP) is 8.11. The molecule has 41 heavy (non-hydrogen) atoms. The van der Waals surface area contributed by atoms with Gasteiger partial charge in [0.05, 0.1) is 21.1 Å². The van der Waals surface area contributed by atoms with E-state index in [9.17, 15) is 4.79 Å². The van der Waals surface area contributed by atoms with E-state index in [0.29, 0.717) is 27.2 Å². The Morgan fingerprint density at radius 3 is 2.17 bits per heavy atom. The molecule has 1 aliphatic heterocycles. The zero-order valence-electron chi connectivity index (χ0n) is 22.4. The van der Waals surface area contributed by atoms with Crippen molar-refractivity contribution >= 4 is 51.7 Å². The zero-order valence-corrected chi connectivity index (χ0v) is 24.6. The van der Waals surface area contributed by atoms with Crippen molar-refractivity contribution < 1.29 is 4.79 Å². The number of piperidine rings is 1. The molecule has 1 aromatic heterocycles. The molecule has 208 valence electrons. The number of amides is 1. The Bertz CT molecular complexity index is 1660. The number of hydrogen-bond donors (Lipinski definition) is 1. The Labute approximate surface area is 254 Å². The molecule has 1 saturated heterocycles. The van der Waals surface area contributed by atoms with Gasteiger partial charge in [0.2, 0.25) is 0 Å². The first kappa shape index (κ1) is 27.8. The van der Waals surface area contributed by atoms with Crippen LogP contribution < -0.4 is 5.32 Å². The summed E-state index contributed by atoms with van der Waals surface area (Å²) >= 11 is 18.8. The molecule has 0 unspecified atom stereocenters. The lowest BCUT2D eigenvalue weighted by Crippen LogP contribution is -2.44. The van der Waals surface area contributed by atoms with Crippen LogP contribution in [0.25, 0.3) is 22.4 Å². The SMILES string of the molecule is O=C(NC1CCN(Cc2ccccc2)CC1)c1ccc(-c2nc3cc(Cl)c(Cl)cc3n2Cc2ccc(Cl)cc2)cc1. The minimum Gasteiger partial charge on any atom is -0.349 e. The fraction of sp³-hybridized carbons (Fsp3) is 0.212. The van der Waals surface area contributed by atoms with Gasteiger partial charge in [-0.05, 0) is 60.4 Å². The highest BCUT2D eigenvalue weighted by Gasteiger charge is 2.22. The van der Waals surface area contributed by atoms with Gasteiger partial charge >= 0.3 is 0 Å². The summed E-state index contributed by atoms with van der Waals surface area (Å²) in [6.45, 7) is 3.46. The number of rotatable bonds is 7. The van der Waals surface area contributed by atoms with Crippen molar-refractivity contribution in [3.05, 3.63) is 123 Å². The summed E-state index contributed by atoms with van der Waals surface area (Å²) in [5.41, 5.74) is 5.56. The standard InChI is InChI=1S/C33H29Cl3N4O/c34-26-12-6-23(7-13-26)21-40-31-19-29(36)28(35)18-30(31)38-32(40)24-8-10-25(11-9-24)33(41)37-27-14-16-39(17-15-27)20-22-4-2-1-3-5-22/h1-13,18-19,27H,14-17,20-21H2,(H,37,41). The lowest BCUT2D eigenvalue weighted by Gasteiger charge is -2.32. The molecule has 4 aromatic carbocycles. The van der Waals surface area contributed by atoms with Crippen molar-refractivity contribution in [2.75, 3.05) is 13.1 Å². The van der Waals surface area contributed by atoms with E-state index in [1.165, 1.54) is 5.56 Å². The maximum Gasteiger partial charge on any atom is 0.251 e. The van der Waals surface area contributed by atoms with Crippen LogP contribution >= 0.6 is 34.8 Å². The molecular weight excluding hydrogens is 575 g/mol. The van der Waals surface area contributed by atoms with Crippen molar-refractivity contribution in [1.82, 2.24) is 19.8 Å². The molecule has 0 spiro atoms. The number of aromatic nitrogens is 2. The number of nitrogens with zero attached hydrogens (tertiary/aromatic N) is 3. The minimum absolute atomic E-state index is 0.0497. The normalized spacial score (nSPS) is 14.4. The molecule has 2 heterocycles. The Morgan fingerprint density at radius 1 is 0.805 bits per heavy atom. The summed E-state index contributed by atoms with van der Waals surface area (Å²) in [6.07, 6.45) is 1.88. The first-order chi connectivity index (χ1) is 19.9. The molecule has 0 atom stereocenters. The molecule has 0 bridgehead atoms. The fourth-order valence-electron chi connectivity index (χ4n) is 5.39. The summed E-state index contributed by atoms with van der Waals surface area (Å²) in [4.78, 5) is 20.4. The van der Waals surface area contributed by atoms with Crippen molar-refractivity contribution in [1.29, 1.82) is 0 Å². The van der Waals surface area contributed by atoms with Crippen LogP contribution in [0.3, 0.4) is 0 Å². The lowest BCUT2D eigenvalue weighted by atomic mass is 10.0. The quantitative estimate of drug-likeness (QED) is 0.204. The second kappa shape index (κ2) is 12.3. The van der Waals surface area contributed by atoms with Crippen LogP contribution in [-0.2, 0) is 13.1 Å². The highest BCUT2D eigenvalue weighted by Crippen LogP contribution is 2.32. The van der Waals surface area contributed by atoms with Gasteiger partial charge in [-0.15, -0.1) is 0 Å². The summed E-state index contributed by atoms with van der Waals surface area (Å²) in [7, 11) is 0. The maximum absolute atomic E-state index is 13.1. The van der Waals surface area contributed by atoms with Crippen LogP contribution in [0.1, 0.15) is 34.3 Å². The van der Waals surface area contributed by atoms with E-state index < -0.39 is 0 Å². The van der Waals surface area contributed by atoms with E-state index in [0.717, 1.165) is 60.5 Å². The molecule has 0 radical (unpaired) electrons. The molecule has 1 N–H and O–H groups in total. The zero-order chi connectivity index (χ0) is 28.3. The van der Waals surface area contributed by atoms with Gasteiger partial charge in [0.15, 0.2) is 0 Å². The van der Waals surface area contributed by atoms with Crippen LogP contribution in [0.2, 0.25) is 15.1 Å². The molecule has 0 saturated carbocycles. The van der Waals surface area contributed by atoms with E-state index >= 15 is 0 Å². The van der Waals surface area contributed by atoms with E-state index in [1.54, 1.807) is 6.07 Å². The largest absolute Gasteiger partial charge is 0.349 e. The summed E-state index contributed by atoms with van der Waals surface area (Å²) < 4.78 is 2.11. The van der Waals surface area contributed by atoms with E-state index in [2.05, 4.69) is 39.0 Å². The number of nitrogens with one attached hydrogen (secondary N) is 1. The fourth-order valence-corrected chi connectivity index (χ4v) is 5.83. The Morgan fingerprint density at radius 2 is 1.46 bits per heavy atom. The van der Waals surface area contributed by atoms with E-state index in [4.69, 9.17) is 39.8 Å². The number of hydrogen-bond acceptors (Lipinski definition) is 3. The third-order valence-electron chi connectivity index (χ3n) is 7.62. The summed E-state index contributed by atoms with van der Waals surface area (Å²) in [5.74, 6) is 0.720. The van der Waals surface area contributed by atoms with Gasteiger partial charge < -0.3 is 9.88 Å². The van der Waals surface area contributed by atoms with Crippen LogP contribution in [0, 0.1) is 0 Å². The third kappa shape index (κ3) is 6.44. The Hall–Kier alpha value is -3.35. The van der Waals surface area contributed by atoms with Crippen molar-refractivity contribution in [2.45, 2.75) is 32.0 Å². The molecule has 1 fully saturated rings. The first-order valence-electron chi connectivity index (χ1n) is 13.7. The second-order valence-electron chi connectivity index (χ2n) is 10.5. The molecule has 5 aromatic rings. The van der Waals surface area contributed by atoms with Crippen LogP contribution in [-0.4, -0.2) is 39.5 Å². The van der Waals surface area contributed by atoms with E-state index in [-0.39, 0.29) is 11.9 Å².